The first kappa shape index (κ1) is 17.4. The molecule has 0 amide bonds. The standard InChI is InChI=1S/C22H26N2Si/c1-2-3-4-11-18-25(20-24-17-16-23-19-24,21-12-7-5-8-13-21)22-14-9-6-10-15-22/h2-3,5-10,12-17,19H,4,11,18,20H2,1H3. The molecule has 0 aliphatic rings. The maximum absolute atomic E-state index is 4.28. The number of aromatic nitrogens is 2. The summed E-state index contributed by atoms with van der Waals surface area (Å²) in [4.78, 5) is 4.28. The lowest BCUT2D eigenvalue weighted by Crippen LogP contribution is -2.61. The average Bonchev–Trinajstić information content (AvgIpc) is 3.19. The molecule has 3 rings (SSSR count). The fourth-order valence-corrected chi connectivity index (χ4v) is 8.32. The average molecular weight is 347 g/mol. The summed E-state index contributed by atoms with van der Waals surface area (Å²) in [7, 11) is -1.91. The zero-order chi connectivity index (χ0) is 17.4. The summed E-state index contributed by atoms with van der Waals surface area (Å²) >= 11 is 0. The molecule has 128 valence electrons. The zero-order valence-corrected chi connectivity index (χ0v) is 15.9. The Labute approximate surface area is 151 Å². The largest absolute Gasteiger partial charge is 0.340 e. The van der Waals surface area contributed by atoms with Gasteiger partial charge in [0.1, 0.15) is 8.07 Å². The van der Waals surface area contributed by atoms with Crippen molar-refractivity contribution in [2.45, 2.75) is 32.0 Å². The third-order valence-corrected chi connectivity index (χ3v) is 9.86. The molecule has 2 aromatic carbocycles. The van der Waals surface area contributed by atoms with Gasteiger partial charge in [0.25, 0.3) is 0 Å². The Bertz CT molecular complexity index is 725. The summed E-state index contributed by atoms with van der Waals surface area (Å²) in [5, 5.41) is 3.02. The van der Waals surface area contributed by atoms with Crippen molar-refractivity contribution in [1.29, 1.82) is 0 Å². The van der Waals surface area contributed by atoms with E-state index in [1.54, 1.807) is 0 Å². The van der Waals surface area contributed by atoms with Gasteiger partial charge in [0, 0.05) is 18.6 Å². The van der Waals surface area contributed by atoms with Crippen molar-refractivity contribution in [3.63, 3.8) is 0 Å². The number of hydrogen-bond acceptors (Lipinski definition) is 1. The monoisotopic (exact) mass is 346 g/mol. The van der Waals surface area contributed by atoms with E-state index in [0.717, 1.165) is 12.6 Å². The van der Waals surface area contributed by atoms with Crippen LogP contribution in [-0.4, -0.2) is 17.6 Å². The van der Waals surface area contributed by atoms with Crippen molar-refractivity contribution in [1.82, 2.24) is 9.55 Å². The molecule has 3 aromatic rings. The maximum atomic E-state index is 4.28. The van der Waals surface area contributed by atoms with Crippen molar-refractivity contribution < 1.29 is 0 Å². The second-order valence-corrected chi connectivity index (χ2v) is 10.6. The van der Waals surface area contributed by atoms with E-state index in [1.807, 2.05) is 12.5 Å². The lowest BCUT2D eigenvalue weighted by Gasteiger charge is -2.33. The Kier molecular flexibility index (Phi) is 6.02. The lowest BCUT2D eigenvalue weighted by atomic mass is 10.3. The van der Waals surface area contributed by atoms with Crippen molar-refractivity contribution in [3.8, 4) is 0 Å². The molecule has 0 fully saturated rings. The topological polar surface area (TPSA) is 17.8 Å². The van der Waals surface area contributed by atoms with E-state index in [0.29, 0.717) is 0 Å². The van der Waals surface area contributed by atoms with E-state index >= 15 is 0 Å². The van der Waals surface area contributed by atoms with Gasteiger partial charge in [0.2, 0.25) is 0 Å². The Morgan fingerprint density at radius 1 is 0.960 bits per heavy atom. The Morgan fingerprint density at radius 3 is 2.12 bits per heavy atom. The number of allylic oxidation sites excluding steroid dienone is 2. The summed E-state index contributed by atoms with van der Waals surface area (Å²) in [6, 6.07) is 23.5. The summed E-state index contributed by atoms with van der Waals surface area (Å²) < 4.78 is 2.27. The fraction of sp³-hybridized carbons (Fsp3) is 0.227. The highest BCUT2D eigenvalue weighted by Crippen LogP contribution is 2.18. The number of hydrogen-bond donors (Lipinski definition) is 0. The minimum Gasteiger partial charge on any atom is -0.340 e. The van der Waals surface area contributed by atoms with Crippen LogP contribution in [0, 0.1) is 0 Å². The number of nitrogens with zero attached hydrogens (tertiary/aromatic N) is 2. The smallest absolute Gasteiger partial charge is 0.137 e. The Morgan fingerprint density at radius 2 is 1.60 bits per heavy atom. The van der Waals surface area contributed by atoms with Crippen LogP contribution in [0.1, 0.15) is 19.8 Å². The van der Waals surface area contributed by atoms with E-state index in [-0.39, 0.29) is 0 Å². The van der Waals surface area contributed by atoms with Gasteiger partial charge in [-0.2, -0.15) is 0 Å². The molecule has 0 aliphatic heterocycles. The summed E-state index contributed by atoms with van der Waals surface area (Å²) in [5.41, 5.74) is 0. The molecule has 1 heterocycles. The first-order valence-electron chi connectivity index (χ1n) is 9.03. The predicted octanol–water partition coefficient (Wildman–Crippen LogP) is 4.04. The van der Waals surface area contributed by atoms with Crippen molar-refractivity contribution in [2.24, 2.45) is 0 Å². The summed E-state index contributed by atoms with van der Waals surface area (Å²) in [6.45, 7) is 2.10. The first-order valence-corrected chi connectivity index (χ1v) is 11.4. The van der Waals surface area contributed by atoms with Crippen molar-refractivity contribution in [3.05, 3.63) is 91.5 Å². The van der Waals surface area contributed by atoms with Crippen LogP contribution in [-0.2, 0) is 6.17 Å². The highest BCUT2D eigenvalue weighted by Gasteiger charge is 2.36. The highest BCUT2D eigenvalue weighted by atomic mass is 28.3. The third-order valence-electron chi connectivity index (χ3n) is 4.87. The van der Waals surface area contributed by atoms with Gasteiger partial charge in [-0.05, 0) is 19.4 Å². The number of imidazole rings is 1. The molecular formula is C22H26N2Si. The van der Waals surface area contributed by atoms with Gasteiger partial charge in [0.15, 0.2) is 0 Å². The Balaban J connectivity index is 2.05. The van der Waals surface area contributed by atoms with Gasteiger partial charge in [0.05, 0.1) is 6.33 Å². The number of benzene rings is 2. The number of rotatable bonds is 8. The van der Waals surface area contributed by atoms with Gasteiger partial charge in [-0.3, -0.25) is 0 Å². The SMILES string of the molecule is CC=CCCC[Si](Cn1ccnc1)(c1ccccc1)c1ccccc1. The minimum atomic E-state index is -1.91. The normalized spacial score (nSPS) is 11.9. The van der Waals surface area contributed by atoms with Gasteiger partial charge < -0.3 is 4.57 Å². The molecule has 0 aliphatic carbocycles. The Hall–Kier alpha value is -2.39. The molecule has 25 heavy (non-hydrogen) atoms. The minimum absolute atomic E-state index is 1.04. The van der Waals surface area contributed by atoms with Gasteiger partial charge >= 0.3 is 0 Å². The molecular weight excluding hydrogens is 320 g/mol. The van der Waals surface area contributed by atoms with Gasteiger partial charge in [-0.15, -0.1) is 0 Å². The van der Waals surface area contributed by atoms with E-state index in [4.69, 9.17) is 0 Å². The van der Waals surface area contributed by atoms with Crippen molar-refractivity contribution >= 4 is 18.4 Å². The quantitative estimate of drug-likeness (QED) is 0.342. The maximum Gasteiger partial charge on any atom is 0.137 e. The number of unbranched alkanes of at least 4 members (excludes halogenated alkanes) is 1. The zero-order valence-electron chi connectivity index (χ0n) is 14.9. The first-order chi connectivity index (χ1) is 12.3. The summed E-state index contributed by atoms with van der Waals surface area (Å²) in [6.07, 6.45) is 13.8. The van der Waals surface area contributed by atoms with E-state index in [9.17, 15) is 0 Å². The fourth-order valence-electron chi connectivity index (χ4n) is 3.61. The molecule has 0 N–H and O–H groups in total. The molecule has 1 aromatic heterocycles. The van der Waals surface area contributed by atoms with Crippen LogP contribution < -0.4 is 10.4 Å². The lowest BCUT2D eigenvalue weighted by molar-refractivity contribution is 0.834. The highest BCUT2D eigenvalue weighted by molar-refractivity contribution is 7.01. The third kappa shape index (κ3) is 4.17. The second-order valence-electron chi connectivity index (χ2n) is 6.51. The molecule has 0 atom stereocenters. The van der Waals surface area contributed by atoms with E-state index in [1.165, 1.54) is 22.8 Å². The van der Waals surface area contributed by atoms with E-state index in [2.05, 4.69) is 95.5 Å². The predicted molar refractivity (Wildman–Crippen MR) is 109 cm³/mol. The molecule has 0 bridgehead atoms. The molecule has 2 nitrogen and oxygen atoms in total. The van der Waals surface area contributed by atoms with Crippen LogP contribution >= 0.6 is 0 Å². The van der Waals surface area contributed by atoms with E-state index < -0.39 is 8.07 Å². The van der Waals surface area contributed by atoms with Crippen LogP contribution in [0.4, 0.5) is 0 Å². The molecule has 0 radical (unpaired) electrons. The van der Waals surface area contributed by atoms with Crippen LogP contribution in [0.15, 0.2) is 91.5 Å². The molecule has 0 unspecified atom stereocenters. The molecule has 0 spiro atoms. The van der Waals surface area contributed by atoms with Crippen LogP contribution in [0.2, 0.25) is 6.04 Å². The van der Waals surface area contributed by atoms with Gasteiger partial charge in [-0.1, -0.05) is 89.6 Å². The van der Waals surface area contributed by atoms with Crippen molar-refractivity contribution in [2.75, 3.05) is 0 Å². The van der Waals surface area contributed by atoms with Gasteiger partial charge in [-0.25, -0.2) is 4.98 Å². The summed E-state index contributed by atoms with van der Waals surface area (Å²) in [5.74, 6) is 0. The van der Waals surface area contributed by atoms with Crippen LogP contribution in [0.3, 0.4) is 0 Å². The van der Waals surface area contributed by atoms with Crippen LogP contribution in [0.5, 0.6) is 0 Å². The second kappa shape index (κ2) is 8.63. The molecule has 0 saturated heterocycles. The molecule has 0 saturated carbocycles. The van der Waals surface area contributed by atoms with Crippen LogP contribution in [0.25, 0.3) is 0 Å². The molecule has 3 heteroatoms.